The van der Waals surface area contributed by atoms with Crippen LogP contribution in [0.3, 0.4) is 0 Å². The van der Waals surface area contributed by atoms with Crippen molar-refractivity contribution in [3.63, 3.8) is 0 Å². The average molecular weight is 390 g/mol. The van der Waals surface area contributed by atoms with E-state index < -0.39 is 11.7 Å². The van der Waals surface area contributed by atoms with Gasteiger partial charge in [0.25, 0.3) is 5.91 Å². The minimum Gasteiger partial charge on any atom is -0.457 e. The predicted molar refractivity (Wildman–Crippen MR) is 90.5 cm³/mol. The second kappa shape index (κ2) is 6.27. The molecule has 0 atom stereocenters. The van der Waals surface area contributed by atoms with Crippen LogP contribution in [0.4, 0.5) is 13.2 Å². The summed E-state index contributed by atoms with van der Waals surface area (Å²) in [5.41, 5.74) is -0.704. The predicted octanol–water partition coefficient (Wildman–Crippen LogP) is 5.11. The van der Waals surface area contributed by atoms with Crippen molar-refractivity contribution in [1.29, 1.82) is 0 Å². The SMILES string of the molecule is O=C1NC(=S)S/C1=C/c1ccc(-c2ccc(Cl)c(C(F)(F)F)c2)o1. The summed E-state index contributed by atoms with van der Waals surface area (Å²) < 4.78 is 44.6. The van der Waals surface area contributed by atoms with Gasteiger partial charge >= 0.3 is 6.18 Å². The Morgan fingerprint density at radius 1 is 1.25 bits per heavy atom. The van der Waals surface area contributed by atoms with E-state index in [1.54, 1.807) is 6.07 Å². The number of hydrogen-bond donors (Lipinski definition) is 1. The Labute approximate surface area is 148 Å². The zero-order valence-corrected chi connectivity index (χ0v) is 14.0. The van der Waals surface area contributed by atoms with E-state index in [1.165, 1.54) is 24.3 Å². The number of hydrogen-bond acceptors (Lipinski definition) is 4. The summed E-state index contributed by atoms with van der Waals surface area (Å²) in [5, 5.41) is 2.08. The molecular formula is C15H7ClF3NO2S2. The number of rotatable bonds is 2. The van der Waals surface area contributed by atoms with Crippen LogP contribution in [0, 0.1) is 0 Å². The van der Waals surface area contributed by atoms with Crippen LogP contribution in [0.5, 0.6) is 0 Å². The van der Waals surface area contributed by atoms with Crippen molar-refractivity contribution < 1.29 is 22.4 Å². The van der Waals surface area contributed by atoms with E-state index in [1.807, 2.05) is 0 Å². The zero-order chi connectivity index (χ0) is 17.5. The Morgan fingerprint density at radius 2 is 2.00 bits per heavy atom. The number of nitrogens with one attached hydrogen (secondary N) is 1. The van der Waals surface area contributed by atoms with Crippen molar-refractivity contribution >= 4 is 51.9 Å². The first-order valence-corrected chi connectivity index (χ1v) is 8.06. The number of thioether (sulfide) groups is 1. The molecule has 2 aromatic rings. The average Bonchev–Trinajstić information content (AvgIpc) is 3.06. The van der Waals surface area contributed by atoms with E-state index in [9.17, 15) is 18.0 Å². The van der Waals surface area contributed by atoms with Crippen LogP contribution < -0.4 is 5.32 Å². The maximum Gasteiger partial charge on any atom is 0.417 e. The summed E-state index contributed by atoms with van der Waals surface area (Å²) >= 11 is 11.6. The van der Waals surface area contributed by atoms with E-state index in [-0.39, 0.29) is 22.3 Å². The van der Waals surface area contributed by atoms with E-state index >= 15 is 0 Å². The molecule has 0 saturated carbocycles. The third-order valence-corrected chi connectivity index (χ3v) is 4.59. The molecule has 0 bridgehead atoms. The summed E-state index contributed by atoms with van der Waals surface area (Å²) in [6, 6.07) is 6.59. The second-order valence-corrected chi connectivity index (χ2v) is 6.87. The molecule has 2 heterocycles. The molecular weight excluding hydrogens is 383 g/mol. The first-order chi connectivity index (χ1) is 11.2. The third-order valence-electron chi connectivity index (χ3n) is 3.10. The van der Waals surface area contributed by atoms with Gasteiger partial charge in [0.15, 0.2) is 0 Å². The van der Waals surface area contributed by atoms with E-state index in [0.717, 1.165) is 17.8 Å². The Hall–Kier alpha value is -1.77. The molecule has 1 aromatic carbocycles. The molecule has 1 fully saturated rings. The standard InChI is InChI=1S/C15H7ClF3NO2S2/c16-10-3-1-7(5-9(10)15(17,18)19)11-4-2-8(22-11)6-12-13(21)20-14(23)24-12/h1-6H,(H,20,21,23)/b12-6+. The van der Waals surface area contributed by atoms with E-state index in [4.69, 9.17) is 28.2 Å². The van der Waals surface area contributed by atoms with Crippen molar-refractivity contribution in [2.75, 3.05) is 0 Å². The van der Waals surface area contributed by atoms with E-state index in [2.05, 4.69) is 5.32 Å². The molecule has 3 nitrogen and oxygen atoms in total. The highest BCUT2D eigenvalue weighted by Crippen LogP contribution is 2.37. The molecule has 1 saturated heterocycles. The molecule has 1 aliphatic rings. The van der Waals surface area contributed by atoms with Gasteiger partial charge in [0.1, 0.15) is 15.8 Å². The fourth-order valence-corrected chi connectivity index (χ4v) is 3.28. The molecule has 1 aromatic heterocycles. The van der Waals surface area contributed by atoms with Crippen LogP contribution in [0.2, 0.25) is 5.02 Å². The molecule has 0 spiro atoms. The number of furan rings is 1. The Kier molecular flexibility index (Phi) is 4.46. The first-order valence-electron chi connectivity index (χ1n) is 6.46. The summed E-state index contributed by atoms with van der Waals surface area (Å²) in [4.78, 5) is 11.9. The molecule has 0 unspecified atom stereocenters. The monoisotopic (exact) mass is 389 g/mol. The normalized spacial score (nSPS) is 16.8. The highest BCUT2D eigenvalue weighted by molar-refractivity contribution is 8.26. The Bertz CT molecular complexity index is 874. The second-order valence-electron chi connectivity index (χ2n) is 4.75. The van der Waals surface area contributed by atoms with Crippen LogP contribution in [0.1, 0.15) is 11.3 Å². The number of carbonyl (C=O) groups is 1. The highest BCUT2D eigenvalue weighted by Gasteiger charge is 2.33. The molecule has 1 amide bonds. The first kappa shape index (κ1) is 17.1. The lowest BCUT2D eigenvalue weighted by Crippen LogP contribution is -2.17. The van der Waals surface area contributed by atoms with Crippen LogP contribution in [0.25, 0.3) is 17.4 Å². The number of halogens is 4. The smallest absolute Gasteiger partial charge is 0.417 e. The van der Waals surface area contributed by atoms with Crippen molar-refractivity contribution in [2.45, 2.75) is 6.18 Å². The quantitative estimate of drug-likeness (QED) is 0.572. The summed E-state index contributed by atoms with van der Waals surface area (Å²) in [5.74, 6) is 0.222. The van der Waals surface area contributed by atoms with Gasteiger partial charge in [-0.3, -0.25) is 4.79 Å². The molecule has 3 rings (SSSR count). The summed E-state index contributed by atoms with van der Waals surface area (Å²) in [7, 11) is 0. The number of thiocarbonyl (C=S) groups is 1. The van der Waals surface area contributed by atoms with Gasteiger partial charge < -0.3 is 9.73 Å². The van der Waals surface area contributed by atoms with Crippen molar-refractivity contribution in [1.82, 2.24) is 5.32 Å². The van der Waals surface area contributed by atoms with Gasteiger partial charge in [-0.05, 0) is 30.3 Å². The van der Waals surface area contributed by atoms with Crippen molar-refractivity contribution in [3.8, 4) is 11.3 Å². The number of amides is 1. The van der Waals surface area contributed by atoms with Gasteiger partial charge in [0.2, 0.25) is 0 Å². The molecule has 1 aliphatic heterocycles. The zero-order valence-electron chi connectivity index (χ0n) is 11.6. The lowest BCUT2D eigenvalue weighted by atomic mass is 10.1. The largest absolute Gasteiger partial charge is 0.457 e. The number of alkyl halides is 3. The van der Waals surface area contributed by atoms with Gasteiger partial charge in [0, 0.05) is 11.6 Å². The van der Waals surface area contributed by atoms with Crippen LogP contribution in [-0.4, -0.2) is 10.2 Å². The molecule has 0 radical (unpaired) electrons. The lowest BCUT2D eigenvalue weighted by Gasteiger charge is -2.09. The topological polar surface area (TPSA) is 42.2 Å². The molecule has 124 valence electrons. The fraction of sp³-hybridized carbons (Fsp3) is 0.0667. The summed E-state index contributed by atoms with van der Waals surface area (Å²) in [6.45, 7) is 0. The molecule has 24 heavy (non-hydrogen) atoms. The number of benzene rings is 1. The minimum atomic E-state index is -4.56. The van der Waals surface area contributed by atoms with Gasteiger partial charge in [-0.1, -0.05) is 35.6 Å². The highest BCUT2D eigenvalue weighted by atomic mass is 35.5. The van der Waals surface area contributed by atoms with Crippen LogP contribution in [0.15, 0.2) is 39.7 Å². The van der Waals surface area contributed by atoms with Crippen molar-refractivity contribution in [2.24, 2.45) is 0 Å². The summed E-state index contributed by atoms with van der Waals surface area (Å²) in [6.07, 6.45) is -3.08. The lowest BCUT2D eigenvalue weighted by molar-refractivity contribution is -0.137. The minimum absolute atomic E-state index is 0.231. The van der Waals surface area contributed by atoms with Crippen molar-refractivity contribution in [3.05, 3.63) is 51.6 Å². The maximum absolute atomic E-state index is 12.9. The fourth-order valence-electron chi connectivity index (χ4n) is 2.03. The Balaban J connectivity index is 1.93. The van der Waals surface area contributed by atoms with Gasteiger partial charge in [-0.25, -0.2) is 0 Å². The van der Waals surface area contributed by atoms with Crippen LogP contribution in [-0.2, 0) is 11.0 Å². The van der Waals surface area contributed by atoms with Gasteiger partial charge in [0.05, 0.1) is 15.5 Å². The molecule has 9 heteroatoms. The van der Waals surface area contributed by atoms with Gasteiger partial charge in [-0.2, -0.15) is 13.2 Å². The molecule has 1 N–H and O–H groups in total. The molecule has 0 aliphatic carbocycles. The van der Waals surface area contributed by atoms with E-state index in [0.29, 0.717) is 15.0 Å². The number of carbonyl (C=O) groups excluding carboxylic acids is 1. The Morgan fingerprint density at radius 3 is 2.62 bits per heavy atom. The van der Waals surface area contributed by atoms with Gasteiger partial charge in [-0.15, -0.1) is 0 Å². The maximum atomic E-state index is 12.9. The third kappa shape index (κ3) is 3.50. The van der Waals surface area contributed by atoms with Crippen LogP contribution >= 0.6 is 35.6 Å².